The summed E-state index contributed by atoms with van der Waals surface area (Å²) in [6.07, 6.45) is 5.00. The zero-order valence-corrected chi connectivity index (χ0v) is 7.81. The lowest BCUT2D eigenvalue weighted by Crippen LogP contribution is -2.03. The number of aromatic nitrogens is 2. The molecule has 0 fully saturated rings. The third-order valence-electron chi connectivity index (χ3n) is 1.52. The highest BCUT2D eigenvalue weighted by Gasteiger charge is 1.93. The summed E-state index contributed by atoms with van der Waals surface area (Å²) in [5.41, 5.74) is 5.36. The zero-order valence-electron chi connectivity index (χ0n) is 6.99. The van der Waals surface area contributed by atoms with Crippen molar-refractivity contribution in [3.05, 3.63) is 6.33 Å². The first-order chi connectivity index (χ1) is 5.93. The first-order valence-electron chi connectivity index (χ1n) is 4.14. The molecule has 12 heavy (non-hydrogen) atoms. The first kappa shape index (κ1) is 9.41. The monoisotopic (exact) mass is 186 g/mol. The number of hydrogen-bond donors (Lipinski definition) is 2. The summed E-state index contributed by atoms with van der Waals surface area (Å²) in [6.45, 7) is 1.76. The van der Waals surface area contributed by atoms with Crippen LogP contribution < -0.4 is 11.1 Å². The van der Waals surface area contributed by atoms with Gasteiger partial charge in [-0.3, -0.25) is 0 Å². The Kier molecular flexibility index (Phi) is 4.63. The van der Waals surface area contributed by atoms with Crippen LogP contribution in [-0.2, 0) is 0 Å². The third-order valence-corrected chi connectivity index (χ3v) is 2.14. The van der Waals surface area contributed by atoms with Crippen LogP contribution in [0.1, 0.15) is 19.3 Å². The minimum atomic E-state index is 0.790. The molecule has 0 atom stereocenters. The van der Waals surface area contributed by atoms with E-state index in [1.165, 1.54) is 18.0 Å². The average molecular weight is 186 g/mol. The Morgan fingerprint density at radius 3 is 3.00 bits per heavy atom. The number of nitrogens with two attached hydrogens (primary N) is 1. The topological polar surface area (TPSA) is 63.8 Å². The maximum absolute atomic E-state index is 5.36. The highest BCUT2D eigenvalue weighted by molar-refractivity contribution is 7.09. The fraction of sp³-hybridized carbons (Fsp3) is 0.714. The Bertz CT molecular complexity index is 187. The highest BCUT2D eigenvalue weighted by atomic mass is 32.1. The summed E-state index contributed by atoms with van der Waals surface area (Å²) in [5.74, 6) is 0. The summed E-state index contributed by atoms with van der Waals surface area (Å²) < 4.78 is 3.89. The van der Waals surface area contributed by atoms with Crippen LogP contribution >= 0.6 is 11.5 Å². The lowest BCUT2D eigenvalue weighted by molar-refractivity contribution is 0.707. The van der Waals surface area contributed by atoms with Crippen LogP contribution in [0.5, 0.6) is 0 Å². The molecular weight excluding hydrogens is 172 g/mol. The van der Waals surface area contributed by atoms with Gasteiger partial charge in [0.05, 0.1) is 0 Å². The lowest BCUT2D eigenvalue weighted by atomic mass is 10.2. The van der Waals surface area contributed by atoms with E-state index in [2.05, 4.69) is 14.7 Å². The van der Waals surface area contributed by atoms with Crippen LogP contribution in [0.15, 0.2) is 6.33 Å². The summed E-state index contributed by atoms with van der Waals surface area (Å²) in [6, 6.07) is 0. The largest absolute Gasteiger partial charge is 0.360 e. The molecule has 4 nitrogen and oxygen atoms in total. The van der Waals surface area contributed by atoms with Crippen LogP contribution in [-0.4, -0.2) is 22.4 Å². The van der Waals surface area contributed by atoms with Crippen molar-refractivity contribution in [1.29, 1.82) is 0 Å². The van der Waals surface area contributed by atoms with E-state index in [-0.39, 0.29) is 0 Å². The van der Waals surface area contributed by atoms with Crippen molar-refractivity contribution in [2.24, 2.45) is 5.73 Å². The molecule has 1 aromatic heterocycles. The molecule has 0 aliphatic heterocycles. The van der Waals surface area contributed by atoms with Gasteiger partial charge in [0, 0.05) is 18.1 Å². The molecule has 0 radical (unpaired) electrons. The van der Waals surface area contributed by atoms with E-state index in [9.17, 15) is 0 Å². The number of unbranched alkanes of at least 4 members (excludes halogenated alkanes) is 2. The average Bonchev–Trinajstić information content (AvgIpc) is 2.57. The van der Waals surface area contributed by atoms with E-state index in [1.807, 2.05) is 0 Å². The first-order valence-corrected chi connectivity index (χ1v) is 4.91. The molecule has 0 unspecified atom stereocenters. The molecule has 1 rings (SSSR count). The Morgan fingerprint density at radius 2 is 2.33 bits per heavy atom. The Morgan fingerprint density at radius 1 is 1.42 bits per heavy atom. The molecule has 0 bridgehead atoms. The minimum Gasteiger partial charge on any atom is -0.360 e. The van der Waals surface area contributed by atoms with Gasteiger partial charge in [-0.25, -0.2) is 4.98 Å². The molecule has 0 saturated heterocycles. The molecule has 0 saturated carbocycles. The standard InChI is InChI=1S/C7H14N4S/c8-4-2-1-3-5-9-7-10-6-11-12-7/h6H,1-5,8H2,(H,9,10,11). The molecule has 3 N–H and O–H groups in total. The van der Waals surface area contributed by atoms with Crippen LogP contribution in [0.3, 0.4) is 0 Å². The molecule has 0 aromatic carbocycles. The van der Waals surface area contributed by atoms with Crippen molar-refractivity contribution in [2.75, 3.05) is 18.4 Å². The van der Waals surface area contributed by atoms with Gasteiger partial charge in [-0.1, -0.05) is 6.42 Å². The van der Waals surface area contributed by atoms with E-state index >= 15 is 0 Å². The minimum absolute atomic E-state index is 0.790. The molecule has 1 heterocycles. The predicted octanol–water partition coefficient (Wildman–Crippen LogP) is 1.08. The molecule has 1 aromatic rings. The number of rotatable bonds is 6. The smallest absolute Gasteiger partial charge is 0.202 e. The normalized spacial score (nSPS) is 10.1. The quantitative estimate of drug-likeness (QED) is 0.652. The Hall–Kier alpha value is -0.680. The molecule has 0 amide bonds. The molecule has 68 valence electrons. The van der Waals surface area contributed by atoms with Crippen LogP contribution in [0, 0.1) is 0 Å². The van der Waals surface area contributed by atoms with Crippen LogP contribution in [0.2, 0.25) is 0 Å². The van der Waals surface area contributed by atoms with E-state index in [0.717, 1.165) is 31.1 Å². The van der Waals surface area contributed by atoms with Crippen molar-refractivity contribution in [1.82, 2.24) is 9.36 Å². The lowest BCUT2D eigenvalue weighted by Gasteiger charge is -2.00. The van der Waals surface area contributed by atoms with Crippen LogP contribution in [0.4, 0.5) is 5.13 Å². The maximum Gasteiger partial charge on any atom is 0.202 e. The van der Waals surface area contributed by atoms with Gasteiger partial charge in [0.2, 0.25) is 5.13 Å². The van der Waals surface area contributed by atoms with E-state index in [4.69, 9.17) is 5.73 Å². The van der Waals surface area contributed by atoms with Crippen LogP contribution in [0.25, 0.3) is 0 Å². The molecule has 5 heteroatoms. The Balaban J connectivity index is 1.96. The SMILES string of the molecule is NCCCCCNc1ncns1. The summed E-state index contributed by atoms with van der Waals surface area (Å²) in [7, 11) is 0. The van der Waals surface area contributed by atoms with Gasteiger partial charge in [0.15, 0.2) is 0 Å². The van der Waals surface area contributed by atoms with Gasteiger partial charge in [0.25, 0.3) is 0 Å². The second kappa shape index (κ2) is 5.91. The number of nitrogens with one attached hydrogen (secondary N) is 1. The zero-order chi connectivity index (χ0) is 8.65. The predicted molar refractivity (Wildman–Crippen MR) is 51.3 cm³/mol. The fourth-order valence-corrected chi connectivity index (χ4v) is 1.35. The highest BCUT2D eigenvalue weighted by Crippen LogP contribution is 2.06. The molecule has 0 aliphatic rings. The Labute approximate surface area is 76.4 Å². The van der Waals surface area contributed by atoms with Gasteiger partial charge in [-0.15, -0.1) is 0 Å². The molecule has 0 aliphatic carbocycles. The summed E-state index contributed by atoms with van der Waals surface area (Å²) in [4.78, 5) is 4.01. The van der Waals surface area contributed by atoms with Crippen molar-refractivity contribution in [2.45, 2.75) is 19.3 Å². The number of hydrogen-bond acceptors (Lipinski definition) is 5. The van der Waals surface area contributed by atoms with Crippen molar-refractivity contribution in [3.63, 3.8) is 0 Å². The number of anilines is 1. The fourth-order valence-electron chi connectivity index (χ4n) is 0.892. The van der Waals surface area contributed by atoms with E-state index in [1.54, 1.807) is 6.33 Å². The summed E-state index contributed by atoms with van der Waals surface area (Å²) >= 11 is 1.39. The summed E-state index contributed by atoms with van der Waals surface area (Å²) in [5, 5.41) is 4.09. The second-order valence-corrected chi connectivity index (χ2v) is 3.30. The maximum atomic E-state index is 5.36. The second-order valence-electron chi connectivity index (χ2n) is 2.52. The third kappa shape index (κ3) is 3.64. The molecule has 0 spiro atoms. The van der Waals surface area contributed by atoms with Gasteiger partial charge < -0.3 is 11.1 Å². The van der Waals surface area contributed by atoms with Crippen molar-refractivity contribution >= 4 is 16.7 Å². The number of nitrogens with zero attached hydrogens (tertiary/aromatic N) is 2. The van der Waals surface area contributed by atoms with Crippen molar-refractivity contribution in [3.8, 4) is 0 Å². The van der Waals surface area contributed by atoms with E-state index in [0.29, 0.717) is 0 Å². The van der Waals surface area contributed by atoms with Gasteiger partial charge in [-0.05, 0) is 19.4 Å². The van der Waals surface area contributed by atoms with Gasteiger partial charge in [-0.2, -0.15) is 4.37 Å². The van der Waals surface area contributed by atoms with Gasteiger partial charge in [0.1, 0.15) is 6.33 Å². The van der Waals surface area contributed by atoms with Crippen molar-refractivity contribution < 1.29 is 0 Å². The van der Waals surface area contributed by atoms with E-state index < -0.39 is 0 Å². The molecular formula is C7H14N4S. The van der Waals surface area contributed by atoms with Gasteiger partial charge >= 0.3 is 0 Å².